The van der Waals surface area contributed by atoms with E-state index < -0.39 is 0 Å². The van der Waals surface area contributed by atoms with Gasteiger partial charge in [0, 0.05) is 6.04 Å². The van der Waals surface area contributed by atoms with E-state index in [0.717, 1.165) is 5.92 Å². The van der Waals surface area contributed by atoms with Gasteiger partial charge in [0.2, 0.25) is 0 Å². The Kier molecular flexibility index (Phi) is 7.20. The van der Waals surface area contributed by atoms with Crippen LogP contribution in [0.2, 0.25) is 0 Å². The summed E-state index contributed by atoms with van der Waals surface area (Å²) in [7, 11) is 0. The van der Waals surface area contributed by atoms with Gasteiger partial charge < -0.3 is 0 Å². The number of nitrogens with two attached hydrogens (primary N) is 1. The molecule has 0 aromatic carbocycles. The minimum absolute atomic E-state index is 0.434. The highest BCUT2D eigenvalue weighted by atomic mass is 15.2. The fourth-order valence-electron chi connectivity index (χ4n) is 2.33. The van der Waals surface area contributed by atoms with E-state index in [9.17, 15) is 0 Å². The fourth-order valence-corrected chi connectivity index (χ4v) is 2.33. The number of hydrogen-bond donors (Lipinski definition) is 2. The molecule has 0 aromatic heterocycles. The molecule has 0 aliphatic rings. The minimum Gasteiger partial charge on any atom is -0.271 e. The van der Waals surface area contributed by atoms with Crippen LogP contribution in [0.1, 0.15) is 66.7 Å². The molecule has 0 spiro atoms. The summed E-state index contributed by atoms with van der Waals surface area (Å²) in [6, 6.07) is 0.502. The molecule has 0 rings (SSSR count). The van der Waals surface area contributed by atoms with Crippen molar-refractivity contribution in [3.8, 4) is 0 Å². The molecule has 0 amide bonds. The zero-order valence-electron chi connectivity index (χ0n) is 11.3. The second-order valence-corrected chi connectivity index (χ2v) is 6.11. The normalized spacial score (nSPS) is 16.4. The zero-order chi connectivity index (χ0) is 11.9. The molecule has 2 nitrogen and oxygen atoms in total. The third-order valence-electron chi connectivity index (χ3n) is 2.79. The molecule has 0 aliphatic heterocycles. The van der Waals surface area contributed by atoms with Crippen molar-refractivity contribution in [1.82, 2.24) is 5.43 Å². The molecule has 0 saturated heterocycles. The smallest absolute Gasteiger partial charge is 0.0213 e. The van der Waals surface area contributed by atoms with Crippen LogP contribution in [-0.2, 0) is 0 Å². The predicted molar refractivity (Wildman–Crippen MR) is 68.5 cm³/mol. The van der Waals surface area contributed by atoms with Gasteiger partial charge in [-0.1, -0.05) is 47.5 Å². The van der Waals surface area contributed by atoms with Crippen LogP contribution in [0.3, 0.4) is 0 Å². The Morgan fingerprint density at radius 1 is 1.27 bits per heavy atom. The Morgan fingerprint density at radius 2 is 1.87 bits per heavy atom. The molecule has 15 heavy (non-hydrogen) atoms. The number of rotatable bonds is 7. The highest BCUT2D eigenvalue weighted by Crippen LogP contribution is 2.27. The fraction of sp³-hybridized carbons (Fsp3) is 1.00. The van der Waals surface area contributed by atoms with Gasteiger partial charge in [0.15, 0.2) is 0 Å². The van der Waals surface area contributed by atoms with Crippen molar-refractivity contribution in [2.75, 3.05) is 0 Å². The number of hydrazine groups is 1. The van der Waals surface area contributed by atoms with E-state index in [1.54, 1.807) is 0 Å². The minimum atomic E-state index is 0.434. The third-order valence-corrected chi connectivity index (χ3v) is 2.79. The van der Waals surface area contributed by atoms with Gasteiger partial charge in [0.25, 0.3) is 0 Å². The first-order valence-electron chi connectivity index (χ1n) is 6.35. The highest BCUT2D eigenvalue weighted by molar-refractivity contribution is 4.72. The lowest BCUT2D eigenvalue weighted by Gasteiger charge is -2.26. The Balaban J connectivity index is 3.85. The van der Waals surface area contributed by atoms with E-state index >= 15 is 0 Å². The molecule has 0 aromatic rings. The van der Waals surface area contributed by atoms with Crippen LogP contribution in [0.25, 0.3) is 0 Å². The standard InChI is InChI=1S/C13H30N2/c1-6-7-8-12(15-14)9-11(2)10-13(3,4)5/h11-12,15H,6-10,14H2,1-5H3. The van der Waals surface area contributed by atoms with Crippen LogP contribution in [0.5, 0.6) is 0 Å². The highest BCUT2D eigenvalue weighted by Gasteiger charge is 2.18. The van der Waals surface area contributed by atoms with Crippen LogP contribution < -0.4 is 11.3 Å². The van der Waals surface area contributed by atoms with Crippen molar-refractivity contribution >= 4 is 0 Å². The van der Waals surface area contributed by atoms with Crippen LogP contribution in [-0.4, -0.2) is 6.04 Å². The average Bonchev–Trinajstić information content (AvgIpc) is 2.09. The summed E-state index contributed by atoms with van der Waals surface area (Å²) in [6.07, 6.45) is 6.22. The van der Waals surface area contributed by atoms with Crippen molar-refractivity contribution in [3.63, 3.8) is 0 Å². The van der Waals surface area contributed by atoms with Crippen LogP contribution >= 0.6 is 0 Å². The van der Waals surface area contributed by atoms with Gasteiger partial charge >= 0.3 is 0 Å². The monoisotopic (exact) mass is 214 g/mol. The van der Waals surface area contributed by atoms with Crippen molar-refractivity contribution in [2.45, 2.75) is 72.8 Å². The Labute approximate surface area is 96.0 Å². The van der Waals surface area contributed by atoms with Crippen molar-refractivity contribution in [1.29, 1.82) is 0 Å². The second kappa shape index (κ2) is 7.24. The summed E-state index contributed by atoms with van der Waals surface area (Å²) >= 11 is 0. The van der Waals surface area contributed by atoms with Crippen molar-refractivity contribution in [3.05, 3.63) is 0 Å². The quantitative estimate of drug-likeness (QED) is 0.503. The molecular formula is C13H30N2. The second-order valence-electron chi connectivity index (χ2n) is 6.11. The maximum absolute atomic E-state index is 5.58. The molecule has 0 fully saturated rings. The first kappa shape index (κ1) is 14.9. The molecule has 0 bridgehead atoms. The molecule has 92 valence electrons. The molecule has 2 unspecified atom stereocenters. The van der Waals surface area contributed by atoms with Gasteiger partial charge in [-0.3, -0.25) is 11.3 Å². The Hall–Kier alpha value is -0.0800. The van der Waals surface area contributed by atoms with Gasteiger partial charge in [0.1, 0.15) is 0 Å². The largest absolute Gasteiger partial charge is 0.271 e. The summed E-state index contributed by atoms with van der Waals surface area (Å²) in [4.78, 5) is 0. The Morgan fingerprint density at radius 3 is 2.27 bits per heavy atom. The summed E-state index contributed by atoms with van der Waals surface area (Å²) in [5.41, 5.74) is 3.39. The van der Waals surface area contributed by atoms with E-state index in [2.05, 4.69) is 40.0 Å². The lowest BCUT2D eigenvalue weighted by Crippen LogP contribution is -2.36. The van der Waals surface area contributed by atoms with E-state index in [1.807, 2.05) is 0 Å². The average molecular weight is 214 g/mol. The molecular weight excluding hydrogens is 184 g/mol. The van der Waals surface area contributed by atoms with Crippen LogP contribution in [0.4, 0.5) is 0 Å². The zero-order valence-corrected chi connectivity index (χ0v) is 11.3. The van der Waals surface area contributed by atoms with Crippen molar-refractivity contribution < 1.29 is 0 Å². The number of unbranched alkanes of at least 4 members (excludes halogenated alkanes) is 1. The lowest BCUT2D eigenvalue weighted by atomic mass is 9.82. The number of nitrogens with one attached hydrogen (secondary N) is 1. The SMILES string of the molecule is CCCCC(CC(C)CC(C)(C)C)NN. The van der Waals surface area contributed by atoms with E-state index in [0.29, 0.717) is 11.5 Å². The molecule has 0 aliphatic carbocycles. The number of hydrogen-bond acceptors (Lipinski definition) is 2. The third kappa shape index (κ3) is 8.88. The molecule has 2 heteroatoms. The summed E-state index contributed by atoms with van der Waals surface area (Å²) in [5.74, 6) is 6.33. The molecule has 3 N–H and O–H groups in total. The van der Waals surface area contributed by atoms with E-state index in [-0.39, 0.29) is 0 Å². The van der Waals surface area contributed by atoms with Crippen molar-refractivity contribution in [2.24, 2.45) is 17.2 Å². The predicted octanol–water partition coefficient (Wildman–Crippen LogP) is 3.47. The van der Waals surface area contributed by atoms with Gasteiger partial charge in [0.05, 0.1) is 0 Å². The summed E-state index contributed by atoms with van der Waals surface area (Å²) in [5, 5.41) is 0. The van der Waals surface area contributed by atoms with Gasteiger partial charge in [-0.15, -0.1) is 0 Å². The molecule has 0 saturated carbocycles. The maximum atomic E-state index is 5.58. The molecule has 2 atom stereocenters. The van der Waals surface area contributed by atoms with E-state index in [4.69, 9.17) is 5.84 Å². The molecule has 0 radical (unpaired) electrons. The summed E-state index contributed by atoms with van der Waals surface area (Å²) < 4.78 is 0. The topological polar surface area (TPSA) is 38.0 Å². The van der Waals surface area contributed by atoms with Crippen LogP contribution in [0, 0.1) is 11.3 Å². The first-order chi connectivity index (χ1) is 6.89. The lowest BCUT2D eigenvalue weighted by molar-refractivity contribution is 0.270. The van der Waals surface area contributed by atoms with Gasteiger partial charge in [-0.25, -0.2) is 0 Å². The first-order valence-corrected chi connectivity index (χ1v) is 6.35. The summed E-state index contributed by atoms with van der Waals surface area (Å²) in [6.45, 7) is 11.5. The van der Waals surface area contributed by atoms with Gasteiger partial charge in [-0.2, -0.15) is 0 Å². The maximum Gasteiger partial charge on any atom is 0.0213 e. The van der Waals surface area contributed by atoms with Crippen LogP contribution in [0.15, 0.2) is 0 Å². The molecule has 0 heterocycles. The Bertz CT molecular complexity index is 149. The van der Waals surface area contributed by atoms with E-state index in [1.165, 1.54) is 32.1 Å². The van der Waals surface area contributed by atoms with Gasteiger partial charge in [-0.05, 0) is 30.6 Å².